The van der Waals surface area contributed by atoms with Gasteiger partial charge in [0.15, 0.2) is 0 Å². The fourth-order valence-corrected chi connectivity index (χ4v) is 3.52. The van der Waals surface area contributed by atoms with Crippen LogP contribution in [0.4, 0.5) is 5.69 Å². The van der Waals surface area contributed by atoms with Gasteiger partial charge in [0.2, 0.25) is 5.88 Å². The maximum absolute atomic E-state index is 13.1. The first-order chi connectivity index (χ1) is 14.8. The molecule has 1 amide bonds. The Morgan fingerprint density at radius 1 is 1.00 bits per heavy atom. The lowest BCUT2D eigenvalue weighted by molar-refractivity contribution is -0.114. The third-order valence-corrected chi connectivity index (χ3v) is 5.07. The molecule has 0 saturated heterocycles. The number of nitrogens with zero attached hydrogens (tertiary/aromatic N) is 3. The maximum atomic E-state index is 13.1. The summed E-state index contributed by atoms with van der Waals surface area (Å²) in [6.45, 7) is 5.49. The van der Waals surface area contributed by atoms with E-state index in [1.807, 2.05) is 32.0 Å². The Bertz CT molecular complexity index is 1380. The van der Waals surface area contributed by atoms with Gasteiger partial charge in [-0.2, -0.15) is 10.1 Å². The monoisotopic (exact) mass is 416 g/mol. The van der Waals surface area contributed by atoms with E-state index in [1.54, 1.807) is 37.3 Å². The van der Waals surface area contributed by atoms with Crippen LogP contribution >= 0.6 is 0 Å². The Labute approximate surface area is 177 Å². The number of carbonyl (C=O) groups excluding carboxylic acids is 1. The molecule has 2 heterocycles. The number of hydrazone groups is 1. The first-order valence-corrected chi connectivity index (χ1v) is 9.60. The summed E-state index contributed by atoms with van der Waals surface area (Å²) in [5, 5.41) is 16.3. The van der Waals surface area contributed by atoms with Gasteiger partial charge in [0.25, 0.3) is 11.5 Å². The molecule has 0 unspecified atom stereocenters. The minimum Gasteiger partial charge on any atom is -0.494 e. The van der Waals surface area contributed by atoms with Gasteiger partial charge in [-0.3, -0.25) is 14.6 Å². The molecule has 2 aromatic carbocycles. The lowest BCUT2D eigenvalue weighted by atomic mass is 10.1. The van der Waals surface area contributed by atoms with Gasteiger partial charge < -0.3 is 5.11 Å². The zero-order valence-electron chi connectivity index (χ0n) is 17.2. The second kappa shape index (κ2) is 7.56. The van der Waals surface area contributed by atoms with Crippen LogP contribution in [0, 0.1) is 13.8 Å². The van der Waals surface area contributed by atoms with E-state index in [4.69, 9.17) is 0 Å². The molecule has 0 bridgehead atoms. The van der Waals surface area contributed by atoms with Crippen molar-refractivity contribution in [2.24, 2.45) is 5.10 Å². The van der Waals surface area contributed by atoms with Crippen LogP contribution in [0.3, 0.4) is 0 Å². The molecule has 2 N–H and O–H groups in total. The lowest BCUT2D eigenvalue weighted by Crippen LogP contribution is -2.30. The highest BCUT2D eigenvalue weighted by molar-refractivity contribution is 6.32. The average Bonchev–Trinajstić information content (AvgIpc) is 2.99. The van der Waals surface area contributed by atoms with Crippen molar-refractivity contribution in [1.82, 2.24) is 9.55 Å². The minimum atomic E-state index is -0.798. The first kappa shape index (κ1) is 20.1. The van der Waals surface area contributed by atoms with Crippen molar-refractivity contribution in [3.8, 4) is 11.6 Å². The Kier molecular flexibility index (Phi) is 4.90. The molecule has 3 aromatic rings. The van der Waals surface area contributed by atoms with E-state index in [1.165, 1.54) is 11.1 Å². The highest BCUT2D eigenvalue weighted by Crippen LogP contribution is 2.29. The molecule has 0 aliphatic carbocycles. The highest BCUT2D eigenvalue weighted by atomic mass is 16.3. The van der Waals surface area contributed by atoms with Crippen molar-refractivity contribution in [1.29, 1.82) is 0 Å². The number of benzene rings is 2. The second-order valence-corrected chi connectivity index (χ2v) is 7.32. The van der Waals surface area contributed by atoms with Gasteiger partial charge in [0, 0.05) is 0 Å². The van der Waals surface area contributed by atoms with Gasteiger partial charge in [-0.15, -0.1) is 0 Å². The number of anilines is 1. The summed E-state index contributed by atoms with van der Waals surface area (Å²) in [6, 6.07) is 14.0. The standard InChI is InChI=1S/C23H20N4O4/c1-13-9-10-19(14(2)11-13)27-22(30)17(15(3)25-27)12-18-20(28)24-23(31)26(21(18)29)16-7-5-4-6-8-16/h4-12,29H,1-3H3,(H,24,28,31). The summed E-state index contributed by atoms with van der Waals surface area (Å²) < 4.78 is 0.974. The number of amides is 1. The van der Waals surface area contributed by atoms with E-state index in [2.05, 4.69) is 10.1 Å². The number of para-hydroxylation sites is 1. The lowest BCUT2D eigenvalue weighted by Gasteiger charge is -2.15. The largest absolute Gasteiger partial charge is 0.494 e. The molecule has 0 saturated carbocycles. The smallest absolute Gasteiger partial charge is 0.335 e. The number of aromatic amines is 1. The van der Waals surface area contributed by atoms with Crippen LogP contribution in [-0.4, -0.2) is 26.3 Å². The number of hydrogen-bond donors (Lipinski definition) is 2. The number of rotatable bonds is 3. The number of hydrogen-bond acceptors (Lipinski definition) is 5. The second-order valence-electron chi connectivity index (χ2n) is 7.32. The maximum Gasteiger partial charge on any atom is 0.335 e. The summed E-state index contributed by atoms with van der Waals surface area (Å²) in [7, 11) is 0. The summed E-state index contributed by atoms with van der Waals surface area (Å²) in [5.41, 5.74) is 1.70. The summed E-state index contributed by atoms with van der Waals surface area (Å²) in [6.07, 6.45) is 1.26. The Balaban J connectivity index is 1.83. The minimum absolute atomic E-state index is 0.152. The van der Waals surface area contributed by atoms with Gasteiger partial charge >= 0.3 is 5.69 Å². The zero-order chi connectivity index (χ0) is 22.3. The fourth-order valence-electron chi connectivity index (χ4n) is 3.52. The number of nitrogens with one attached hydrogen (secondary N) is 1. The summed E-state index contributed by atoms with van der Waals surface area (Å²) in [4.78, 5) is 40.0. The number of aryl methyl sites for hydroxylation is 2. The van der Waals surface area contributed by atoms with Crippen LogP contribution in [-0.2, 0) is 4.79 Å². The fraction of sp³-hybridized carbons (Fsp3) is 0.130. The summed E-state index contributed by atoms with van der Waals surface area (Å²) >= 11 is 0. The van der Waals surface area contributed by atoms with E-state index >= 15 is 0 Å². The third kappa shape index (κ3) is 3.48. The average molecular weight is 416 g/mol. The Hall–Kier alpha value is -4.20. The van der Waals surface area contributed by atoms with Crippen LogP contribution in [0.5, 0.6) is 5.88 Å². The number of carbonyl (C=O) groups is 1. The first-order valence-electron chi connectivity index (χ1n) is 9.60. The molecular formula is C23H20N4O4. The molecule has 8 nitrogen and oxygen atoms in total. The van der Waals surface area contributed by atoms with Crippen LogP contribution in [0.15, 0.2) is 68.8 Å². The van der Waals surface area contributed by atoms with Gasteiger partial charge in [-0.1, -0.05) is 35.9 Å². The number of aromatic hydroxyl groups is 1. The molecule has 0 fully saturated rings. The van der Waals surface area contributed by atoms with Crippen molar-refractivity contribution in [2.45, 2.75) is 20.8 Å². The van der Waals surface area contributed by atoms with E-state index in [0.717, 1.165) is 15.7 Å². The Morgan fingerprint density at radius 3 is 2.39 bits per heavy atom. The molecule has 1 aliphatic rings. The van der Waals surface area contributed by atoms with E-state index < -0.39 is 23.0 Å². The molecule has 31 heavy (non-hydrogen) atoms. The molecule has 8 heteroatoms. The van der Waals surface area contributed by atoms with Gasteiger partial charge in [0.1, 0.15) is 5.56 Å². The predicted octanol–water partition coefficient (Wildman–Crippen LogP) is 2.65. The number of H-pyrrole nitrogens is 1. The van der Waals surface area contributed by atoms with Crippen molar-refractivity contribution in [3.05, 3.63) is 91.6 Å². The SMILES string of the molecule is CC1=NN(c2ccc(C)cc2C)C(=O)C1=Cc1c(O)n(-c2ccccc2)c(=O)[nH]c1=O. The molecule has 0 radical (unpaired) electrons. The number of aromatic nitrogens is 2. The molecule has 156 valence electrons. The van der Waals surface area contributed by atoms with Gasteiger partial charge in [-0.05, 0) is 50.6 Å². The van der Waals surface area contributed by atoms with Crippen LogP contribution < -0.4 is 16.3 Å². The van der Waals surface area contributed by atoms with Crippen molar-refractivity contribution < 1.29 is 9.90 Å². The molecule has 0 spiro atoms. The van der Waals surface area contributed by atoms with E-state index in [9.17, 15) is 19.5 Å². The topological polar surface area (TPSA) is 108 Å². The molecule has 4 rings (SSSR count). The predicted molar refractivity (Wildman–Crippen MR) is 119 cm³/mol. The normalized spacial score (nSPS) is 14.9. The quantitative estimate of drug-likeness (QED) is 0.640. The van der Waals surface area contributed by atoms with Crippen molar-refractivity contribution in [2.75, 3.05) is 5.01 Å². The Morgan fingerprint density at radius 2 is 1.71 bits per heavy atom. The van der Waals surface area contributed by atoms with Gasteiger partial charge in [-0.25, -0.2) is 9.36 Å². The van der Waals surface area contributed by atoms with E-state index in [-0.39, 0.29) is 11.1 Å². The third-order valence-electron chi connectivity index (χ3n) is 5.07. The van der Waals surface area contributed by atoms with Crippen molar-refractivity contribution >= 4 is 23.4 Å². The van der Waals surface area contributed by atoms with Gasteiger partial charge in [0.05, 0.1) is 22.7 Å². The highest BCUT2D eigenvalue weighted by Gasteiger charge is 2.30. The molecule has 0 atom stereocenters. The van der Waals surface area contributed by atoms with Crippen LogP contribution in [0.2, 0.25) is 0 Å². The zero-order valence-corrected chi connectivity index (χ0v) is 17.2. The van der Waals surface area contributed by atoms with E-state index in [0.29, 0.717) is 17.1 Å². The molecule has 1 aliphatic heterocycles. The van der Waals surface area contributed by atoms with Crippen molar-refractivity contribution in [3.63, 3.8) is 0 Å². The van der Waals surface area contributed by atoms with Crippen LogP contribution in [0.1, 0.15) is 23.6 Å². The molecule has 1 aromatic heterocycles. The van der Waals surface area contributed by atoms with Crippen LogP contribution in [0.25, 0.3) is 11.8 Å². The summed E-state index contributed by atoms with van der Waals surface area (Å²) in [5.74, 6) is -0.987. The molecular weight excluding hydrogens is 396 g/mol.